The Balaban J connectivity index is 2.51. The number of phenols is 1. The third kappa shape index (κ3) is 4.05. The van der Waals surface area contributed by atoms with Crippen LogP contribution in [-0.2, 0) is 4.57 Å². The van der Waals surface area contributed by atoms with Gasteiger partial charge in [-0.2, -0.15) is 0 Å². The lowest BCUT2D eigenvalue weighted by atomic mass is 10.1. The zero-order valence-electron chi connectivity index (χ0n) is 13.0. The zero-order chi connectivity index (χ0) is 17.7. The maximum absolute atomic E-state index is 11.9. The number of nitrogens with one attached hydrogen (secondary N) is 1. The normalized spacial score (nSPS) is 11.9. The first-order chi connectivity index (χ1) is 11.4. The van der Waals surface area contributed by atoms with Crippen LogP contribution in [0.3, 0.4) is 0 Å². The van der Waals surface area contributed by atoms with E-state index in [9.17, 15) is 19.5 Å². The molecular weight excluding hydrogens is 335 g/mol. The van der Waals surface area contributed by atoms with Crippen molar-refractivity contribution >= 4 is 18.6 Å². The van der Waals surface area contributed by atoms with E-state index in [1.165, 1.54) is 38.7 Å². The van der Waals surface area contributed by atoms with Crippen molar-refractivity contribution in [1.29, 1.82) is 0 Å². The smallest absolute Gasteiger partial charge is 0.358 e. The molecule has 0 aliphatic heterocycles. The lowest BCUT2D eigenvalue weighted by Gasteiger charge is -2.15. The summed E-state index contributed by atoms with van der Waals surface area (Å²) in [6, 6.07) is 6.00. The number of ether oxygens (including phenoxy) is 2. The van der Waals surface area contributed by atoms with Crippen molar-refractivity contribution in [3.63, 3.8) is 0 Å². The fourth-order valence-corrected chi connectivity index (χ4v) is 2.67. The molecule has 0 aliphatic rings. The molecule has 4 N–H and O–H groups in total. The molecule has 0 aliphatic carbocycles. The third-order valence-electron chi connectivity index (χ3n) is 3.13. The quantitative estimate of drug-likeness (QED) is 0.585. The van der Waals surface area contributed by atoms with Gasteiger partial charge in [-0.25, -0.2) is 0 Å². The number of anilines is 1. The van der Waals surface area contributed by atoms with E-state index in [0.717, 1.165) is 0 Å². The van der Waals surface area contributed by atoms with Crippen molar-refractivity contribution in [2.45, 2.75) is 0 Å². The molecule has 9 heteroatoms. The number of rotatable bonds is 6. The molecule has 2 aromatic rings. The number of pyridine rings is 1. The van der Waals surface area contributed by atoms with Crippen LogP contribution in [-0.4, -0.2) is 34.1 Å². The molecule has 0 saturated carbocycles. The molecule has 0 atom stereocenters. The lowest BCUT2D eigenvalue weighted by molar-refractivity contribution is 0.339. The number of phenolic OH excluding ortho intramolecular Hbond substituents is 1. The number of aromatic nitrogens is 1. The van der Waals surface area contributed by atoms with E-state index in [-0.39, 0.29) is 28.1 Å². The second-order valence-electron chi connectivity index (χ2n) is 4.69. The van der Waals surface area contributed by atoms with Crippen LogP contribution in [0, 0.1) is 0 Å². The molecule has 1 aromatic heterocycles. The molecule has 0 amide bonds. The topological polar surface area (TPSA) is 121 Å². The van der Waals surface area contributed by atoms with Gasteiger partial charge in [0.1, 0.15) is 0 Å². The van der Waals surface area contributed by atoms with Crippen molar-refractivity contribution in [2.75, 3.05) is 19.5 Å². The molecule has 128 valence electrons. The van der Waals surface area contributed by atoms with E-state index in [0.29, 0.717) is 5.69 Å². The predicted octanol–water partition coefficient (Wildman–Crippen LogP) is 2.39. The molecule has 1 heterocycles. The fourth-order valence-electron chi connectivity index (χ4n) is 1.98. The lowest BCUT2D eigenvalue weighted by Crippen LogP contribution is -1.97. The molecule has 8 nitrogen and oxygen atoms in total. The number of hydrogen-bond donors (Lipinski definition) is 4. The third-order valence-corrected chi connectivity index (χ3v) is 4.14. The van der Waals surface area contributed by atoms with Crippen LogP contribution in [0.5, 0.6) is 17.2 Å². The van der Waals surface area contributed by atoms with Gasteiger partial charge in [-0.05, 0) is 29.8 Å². The molecule has 0 unspecified atom stereocenters. The summed E-state index contributed by atoms with van der Waals surface area (Å²) in [6.07, 6.45) is 4.27. The first kappa shape index (κ1) is 17.8. The van der Waals surface area contributed by atoms with Gasteiger partial charge in [0, 0.05) is 12.4 Å². The highest BCUT2D eigenvalue weighted by Crippen LogP contribution is 2.53. The Kier molecular flexibility index (Phi) is 5.46. The predicted molar refractivity (Wildman–Crippen MR) is 89.1 cm³/mol. The number of methoxy groups -OCH3 is 2. The fraction of sp³-hybridized carbons (Fsp3) is 0.133. The van der Waals surface area contributed by atoms with Gasteiger partial charge in [-0.3, -0.25) is 9.55 Å². The molecule has 1 aromatic carbocycles. The highest BCUT2D eigenvalue weighted by atomic mass is 31.2. The molecule has 0 radical (unpaired) electrons. The van der Waals surface area contributed by atoms with Gasteiger partial charge in [0.15, 0.2) is 11.5 Å². The van der Waals surface area contributed by atoms with Crippen molar-refractivity contribution in [3.8, 4) is 17.2 Å². The maximum Gasteiger partial charge on any atom is 0.358 e. The summed E-state index contributed by atoms with van der Waals surface area (Å²) in [5.41, 5.74) is 0.701. The maximum atomic E-state index is 11.9. The van der Waals surface area contributed by atoms with Crippen molar-refractivity contribution in [3.05, 3.63) is 48.4 Å². The van der Waals surface area contributed by atoms with Crippen LogP contribution >= 0.6 is 7.60 Å². The second-order valence-corrected chi connectivity index (χ2v) is 6.26. The Hall–Kier alpha value is -2.54. The molecule has 0 saturated heterocycles. The van der Waals surface area contributed by atoms with Gasteiger partial charge < -0.3 is 29.7 Å². The molecule has 2 rings (SSSR count). The largest absolute Gasteiger partial charge is 0.502 e. The number of nitrogens with zero attached hydrogens (tertiary/aromatic N) is 1. The van der Waals surface area contributed by atoms with Crippen LogP contribution in [0.4, 0.5) is 5.69 Å². The first-order valence-corrected chi connectivity index (χ1v) is 8.36. The van der Waals surface area contributed by atoms with Crippen molar-refractivity contribution in [2.24, 2.45) is 0 Å². The average molecular weight is 352 g/mol. The van der Waals surface area contributed by atoms with Crippen LogP contribution in [0.2, 0.25) is 0 Å². The summed E-state index contributed by atoms with van der Waals surface area (Å²) in [7, 11) is -1.97. The van der Waals surface area contributed by atoms with Crippen LogP contribution in [0.25, 0.3) is 5.31 Å². The number of benzene rings is 1. The van der Waals surface area contributed by atoms with Crippen LogP contribution in [0.15, 0.2) is 42.9 Å². The average Bonchev–Trinajstić information content (AvgIpc) is 2.55. The minimum Gasteiger partial charge on any atom is -0.502 e. The molecule has 0 bridgehead atoms. The number of hydrogen-bond acceptors (Lipinski definition) is 6. The van der Waals surface area contributed by atoms with Gasteiger partial charge in [0.25, 0.3) is 0 Å². The van der Waals surface area contributed by atoms with E-state index in [2.05, 4.69) is 10.3 Å². The highest BCUT2D eigenvalue weighted by molar-refractivity contribution is 7.63. The molecular formula is C15H17N2O6P. The van der Waals surface area contributed by atoms with E-state index >= 15 is 0 Å². The van der Waals surface area contributed by atoms with Crippen molar-refractivity contribution in [1.82, 2.24) is 4.98 Å². The Labute approximate surface area is 138 Å². The zero-order valence-corrected chi connectivity index (χ0v) is 13.9. The first-order valence-electron chi connectivity index (χ1n) is 6.75. The minimum atomic E-state index is -4.63. The van der Waals surface area contributed by atoms with Crippen LogP contribution < -0.4 is 14.8 Å². The van der Waals surface area contributed by atoms with Crippen molar-refractivity contribution < 1.29 is 28.9 Å². The van der Waals surface area contributed by atoms with Gasteiger partial charge >= 0.3 is 7.60 Å². The standard InChI is InChI=1S/C15H17N2O6P/c1-22-12-6-10(7-13(23-2)15(12)18)14(24(19,20)21)9-17-11-4-3-5-16-8-11/h3-9,17-18H,1-2H3,(H2,19,20,21). The molecule has 0 fully saturated rings. The summed E-state index contributed by atoms with van der Waals surface area (Å²) in [5.74, 6) is -0.191. The Bertz CT molecular complexity index is 763. The summed E-state index contributed by atoms with van der Waals surface area (Å²) in [6.45, 7) is 0. The van der Waals surface area contributed by atoms with Crippen LogP contribution in [0.1, 0.15) is 5.56 Å². The van der Waals surface area contributed by atoms with Gasteiger partial charge in [0.2, 0.25) is 5.75 Å². The van der Waals surface area contributed by atoms with E-state index < -0.39 is 7.60 Å². The highest BCUT2D eigenvalue weighted by Gasteiger charge is 2.25. The van der Waals surface area contributed by atoms with E-state index in [1.807, 2.05) is 0 Å². The summed E-state index contributed by atoms with van der Waals surface area (Å²) in [4.78, 5) is 23.2. The van der Waals surface area contributed by atoms with E-state index in [4.69, 9.17) is 9.47 Å². The van der Waals surface area contributed by atoms with Gasteiger partial charge in [0.05, 0.1) is 31.4 Å². The summed E-state index contributed by atoms with van der Waals surface area (Å²) in [5, 5.41) is 12.4. The summed E-state index contributed by atoms with van der Waals surface area (Å²) >= 11 is 0. The minimum absolute atomic E-state index is 0.0325. The Morgan fingerprint density at radius 2 is 1.88 bits per heavy atom. The second kappa shape index (κ2) is 7.35. The van der Waals surface area contributed by atoms with E-state index in [1.54, 1.807) is 18.3 Å². The van der Waals surface area contributed by atoms with Gasteiger partial charge in [-0.1, -0.05) is 0 Å². The Morgan fingerprint density at radius 1 is 1.25 bits per heavy atom. The van der Waals surface area contributed by atoms with Gasteiger partial charge in [-0.15, -0.1) is 0 Å². The SMILES string of the molecule is COc1cc(C(=CNc2cccnc2)P(=O)(O)O)cc(OC)c1O. The molecule has 0 spiro atoms. The monoisotopic (exact) mass is 352 g/mol. The molecule has 24 heavy (non-hydrogen) atoms. The summed E-state index contributed by atoms with van der Waals surface area (Å²) < 4.78 is 21.9. The Morgan fingerprint density at radius 3 is 2.33 bits per heavy atom. The number of aromatic hydroxyl groups is 1.